The predicted octanol–water partition coefficient (Wildman–Crippen LogP) is -0.569. The smallest absolute Gasteiger partial charge is 0.246 e. The van der Waals surface area contributed by atoms with Crippen LogP contribution in [0.4, 0.5) is 0 Å². The summed E-state index contributed by atoms with van der Waals surface area (Å²) in [6.07, 6.45) is 2.29. The molecule has 3 aliphatic heterocycles. The second-order valence-corrected chi connectivity index (χ2v) is 18.4. The summed E-state index contributed by atoms with van der Waals surface area (Å²) >= 11 is 0. The number of carbonyl (C=O) groups excluding carboxylic acids is 8. The van der Waals surface area contributed by atoms with Gasteiger partial charge in [-0.15, -0.1) is 0 Å². The van der Waals surface area contributed by atoms with Crippen LogP contribution in [0.5, 0.6) is 0 Å². The fourth-order valence-electron chi connectivity index (χ4n) is 9.27. The lowest BCUT2D eigenvalue weighted by molar-refractivity contribution is -0.148. The van der Waals surface area contributed by atoms with Crippen LogP contribution in [-0.4, -0.2) is 138 Å². The lowest BCUT2D eigenvalue weighted by Crippen LogP contribution is -2.61. The first-order chi connectivity index (χ1) is 34.2. The van der Waals surface area contributed by atoms with Crippen LogP contribution in [0.1, 0.15) is 75.0 Å². The molecule has 3 fully saturated rings. The predicted molar refractivity (Wildman–Crippen MR) is 265 cm³/mol. The summed E-state index contributed by atoms with van der Waals surface area (Å²) in [6.45, 7) is 2.20. The minimum Gasteiger partial charge on any atom is -0.370 e. The molecule has 3 aromatic carbocycles. The van der Waals surface area contributed by atoms with Crippen molar-refractivity contribution in [2.45, 2.75) is 126 Å². The summed E-state index contributed by atoms with van der Waals surface area (Å²) in [4.78, 5) is 122. The van der Waals surface area contributed by atoms with Crippen molar-refractivity contribution >= 4 is 53.2 Å². The fourth-order valence-corrected chi connectivity index (χ4v) is 9.27. The lowest BCUT2D eigenvalue weighted by atomic mass is 10.0. The van der Waals surface area contributed by atoms with E-state index < -0.39 is 95.6 Å². The second kappa shape index (κ2) is 26.0. The molecule has 20 nitrogen and oxygen atoms in total. The number of benzene rings is 3. The van der Waals surface area contributed by atoms with E-state index in [-0.39, 0.29) is 77.1 Å². The van der Waals surface area contributed by atoms with E-state index in [1.54, 1.807) is 72.8 Å². The molecule has 0 spiro atoms. The highest BCUT2D eigenvalue weighted by molar-refractivity contribution is 5.99. The van der Waals surface area contributed by atoms with Gasteiger partial charge in [0.05, 0.1) is 0 Å². The number of hydrogen-bond donors (Lipinski definition) is 9. The molecule has 1 unspecified atom stereocenters. The Balaban J connectivity index is 1.39. The first-order valence-electron chi connectivity index (χ1n) is 24.5. The van der Waals surface area contributed by atoms with Crippen molar-refractivity contribution in [3.8, 4) is 0 Å². The van der Waals surface area contributed by atoms with Gasteiger partial charge >= 0.3 is 0 Å². The monoisotopic (exact) mass is 977 g/mol. The molecule has 0 aliphatic carbocycles. The third-order valence-corrected chi connectivity index (χ3v) is 13.0. The van der Waals surface area contributed by atoms with Crippen LogP contribution in [0.15, 0.2) is 96.0 Å². The van der Waals surface area contributed by atoms with Gasteiger partial charge in [0.1, 0.15) is 48.3 Å². The van der Waals surface area contributed by atoms with Crippen LogP contribution in [0.3, 0.4) is 0 Å². The highest BCUT2D eigenvalue weighted by Gasteiger charge is 2.44. The maximum Gasteiger partial charge on any atom is 0.246 e. The number of nitrogens with zero attached hydrogens (tertiary/aromatic N) is 3. The van der Waals surface area contributed by atoms with Gasteiger partial charge in [-0.1, -0.05) is 91.0 Å². The van der Waals surface area contributed by atoms with Gasteiger partial charge in [0.15, 0.2) is 5.96 Å². The molecule has 0 saturated carbocycles. The van der Waals surface area contributed by atoms with Crippen LogP contribution >= 0.6 is 0 Å². The van der Waals surface area contributed by atoms with E-state index in [0.29, 0.717) is 36.8 Å². The molecule has 3 aromatic rings. The topological polar surface area (TPSA) is 306 Å². The number of rotatable bonds is 13. The Morgan fingerprint density at radius 1 is 0.507 bits per heavy atom. The molecular weight excluding hydrogens is 909 g/mol. The maximum absolute atomic E-state index is 14.7. The summed E-state index contributed by atoms with van der Waals surface area (Å²) < 4.78 is 0. The Morgan fingerprint density at radius 2 is 0.915 bits per heavy atom. The summed E-state index contributed by atoms with van der Waals surface area (Å²) in [5.74, 6) is -5.22. The van der Waals surface area contributed by atoms with Crippen LogP contribution in [-0.2, 0) is 57.6 Å². The van der Waals surface area contributed by atoms with E-state index in [1.165, 1.54) is 16.7 Å². The number of hydrogen-bond acceptors (Lipinski definition) is 10. The van der Waals surface area contributed by atoms with E-state index in [1.807, 2.05) is 18.2 Å². The van der Waals surface area contributed by atoms with Gasteiger partial charge in [0, 0.05) is 38.9 Å². The Kier molecular flexibility index (Phi) is 19.4. The zero-order valence-corrected chi connectivity index (χ0v) is 40.2. The molecule has 380 valence electrons. The van der Waals surface area contributed by atoms with E-state index in [0.717, 1.165) is 5.56 Å². The van der Waals surface area contributed by atoms with Crippen LogP contribution in [0.2, 0.25) is 0 Å². The minimum absolute atomic E-state index is 0.0107. The fraction of sp³-hybridized carbons (Fsp3) is 0.471. The molecule has 0 radical (unpaired) electrons. The zero-order chi connectivity index (χ0) is 50.9. The summed E-state index contributed by atoms with van der Waals surface area (Å²) in [7, 11) is 0. The molecule has 3 aliphatic rings. The van der Waals surface area contributed by atoms with Crippen LogP contribution in [0, 0.1) is 0 Å². The van der Waals surface area contributed by atoms with Crippen molar-refractivity contribution in [2.75, 3.05) is 26.2 Å². The van der Waals surface area contributed by atoms with Crippen molar-refractivity contribution in [2.24, 2.45) is 22.2 Å². The van der Waals surface area contributed by atoms with E-state index >= 15 is 0 Å². The van der Waals surface area contributed by atoms with E-state index in [2.05, 4.69) is 36.9 Å². The van der Waals surface area contributed by atoms with Crippen molar-refractivity contribution in [3.63, 3.8) is 0 Å². The van der Waals surface area contributed by atoms with Gasteiger partial charge in [0.25, 0.3) is 0 Å². The van der Waals surface area contributed by atoms with Crippen molar-refractivity contribution in [1.29, 1.82) is 0 Å². The summed E-state index contributed by atoms with van der Waals surface area (Å²) in [5.41, 5.74) is 19.1. The molecule has 0 bridgehead atoms. The number of carbonyl (C=O) groups is 8. The molecule has 3 saturated heterocycles. The number of guanidine groups is 1. The average molecular weight is 977 g/mol. The van der Waals surface area contributed by atoms with Gasteiger partial charge in [-0.05, 0) is 81.5 Å². The highest BCUT2D eigenvalue weighted by Crippen LogP contribution is 2.26. The molecule has 8 amide bonds. The Morgan fingerprint density at radius 3 is 1.42 bits per heavy atom. The number of aliphatic imine (C=N–C) groups is 1. The molecule has 71 heavy (non-hydrogen) atoms. The van der Waals surface area contributed by atoms with Crippen molar-refractivity contribution in [1.82, 2.24) is 41.7 Å². The standard InChI is InChI=1S/C51H68N12O8/c1-32-43(64)61-40(31-35-19-9-4-10-20-35)49(70)63-28-14-24-42(63)50(71)62-27-13-23-41(62)48(69)58-37(22-12-26-55-51(53)54)45(66)59-39(30-34-17-7-3-8-18-34)47(68)60-38(29-33-15-5-2-6-16-33)46(67)57-36(21-11-25-52)44(65)56-32/h2-10,15-20,32,36-42H,11-14,21-31,52H2,1H3,(H,56,65)(H,57,67)(H,58,69)(H,59,66)(H,60,68)(H,61,64)(H4,53,54,55)/t32-,36?,37-,38-,39-,40-,41-,42+/m0/s1. The van der Waals surface area contributed by atoms with Crippen molar-refractivity contribution in [3.05, 3.63) is 108 Å². The lowest BCUT2D eigenvalue weighted by Gasteiger charge is -2.34. The Bertz CT molecular complexity index is 2350. The molecule has 12 N–H and O–H groups in total. The van der Waals surface area contributed by atoms with E-state index in [9.17, 15) is 38.4 Å². The number of amides is 8. The highest BCUT2D eigenvalue weighted by atomic mass is 16.2. The van der Waals surface area contributed by atoms with Crippen LogP contribution in [0.25, 0.3) is 0 Å². The van der Waals surface area contributed by atoms with Gasteiger partial charge in [-0.25, -0.2) is 0 Å². The first-order valence-corrected chi connectivity index (χ1v) is 24.5. The molecular formula is C51H68N12O8. The van der Waals surface area contributed by atoms with Gasteiger partial charge < -0.3 is 58.9 Å². The number of fused-ring (bicyclic) bond motifs is 2. The van der Waals surface area contributed by atoms with Gasteiger partial charge in [0.2, 0.25) is 47.3 Å². The summed E-state index contributed by atoms with van der Waals surface area (Å²) in [5, 5.41) is 16.8. The normalized spacial score (nSPS) is 25.3. The average Bonchev–Trinajstić information content (AvgIpc) is 4.07. The molecule has 20 heteroatoms. The van der Waals surface area contributed by atoms with Crippen molar-refractivity contribution < 1.29 is 38.4 Å². The molecule has 6 rings (SSSR count). The largest absolute Gasteiger partial charge is 0.370 e. The van der Waals surface area contributed by atoms with E-state index in [4.69, 9.17) is 17.2 Å². The number of nitrogens with two attached hydrogens (primary N) is 3. The van der Waals surface area contributed by atoms with Crippen LogP contribution < -0.4 is 49.1 Å². The summed E-state index contributed by atoms with van der Waals surface area (Å²) in [6, 6.07) is 17.6. The third-order valence-electron chi connectivity index (χ3n) is 13.0. The zero-order valence-electron chi connectivity index (χ0n) is 40.2. The third kappa shape index (κ3) is 15.1. The minimum atomic E-state index is -1.28. The number of nitrogens with one attached hydrogen (secondary N) is 6. The quantitative estimate of drug-likeness (QED) is 0.0594. The molecule has 3 heterocycles. The second-order valence-electron chi connectivity index (χ2n) is 18.4. The van der Waals surface area contributed by atoms with Gasteiger partial charge in [-0.2, -0.15) is 0 Å². The van der Waals surface area contributed by atoms with Gasteiger partial charge in [-0.3, -0.25) is 43.3 Å². The first kappa shape index (κ1) is 53.0. The maximum atomic E-state index is 14.7. The Hall–Kier alpha value is -7.35. The Labute approximate surface area is 414 Å². The molecule has 0 aromatic heterocycles. The molecule has 8 atom stereocenters. The SMILES string of the molecule is C[C@@H]1NC(=O)C(CCCN)NC(=O)[C@H](Cc2ccccc2)NC(=O)[C@H](Cc2ccccc2)NC(=O)[C@H](CCCN=C(N)N)NC(=O)[C@@H]2CCCN2C(=O)[C@H]2CCCN2C(=O)[C@H](Cc2ccccc2)NC1=O.